The molecule has 0 atom stereocenters. The number of hydrogen-bond acceptors (Lipinski definition) is 5. The van der Waals surface area contributed by atoms with E-state index in [-0.39, 0.29) is 5.43 Å². The third-order valence-corrected chi connectivity index (χ3v) is 17.2. The Morgan fingerprint density at radius 1 is 0.292 bits per heavy atom. The SMILES string of the molecule is C=Cc1ccccc1.C=Cc1ccccc1.C=Cc1ccccc1.C=Cc1ccccc1.CCN1c2ccccc2Oc2ccccc21.CCN1c2ccccc2Sc2ccccc21.CCn1c2ccccc2c(=O)c2ccccc21.CCn1c2ccccc2c2ccccc21. The summed E-state index contributed by atoms with van der Waals surface area (Å²) in [5.41, 5.74) is 14.5. The number of ether oxygens (including phenoxy) is 1. The fourth-order valence-corrected chi connectivity index (χ4v) is 12.5. The summed E-state index contributed by atoms with van der Waals surface area (Å²) in [6.45, 7) is 27.0. The Labute approximate surface area is 572 Å². The van der Waals surface area contributed by atoms with Gasteiger partial charge < -0.3 is 23.7 Å². The van der Waals surface area contributed by atoms with Gasteiger partial charge in [-0.3, -0.25) is 4.79 Å². The zero-order valence-electron chi connectivity index (χ0n) is 55.5. The lowest BCUT2D eigenvalue weighted by atomic mass is 10.1. The number of fused-ring (bicyclic) bond motifs is 9. The Kier molecular flexibility index (Phi) is 26.0. The predicted molar refractivity (Wildman–Crippen MR) is 418 cm³/mol. The van der Waals surface area contributed by atoms with E-state index in [9.17, 15) is 4.79 Å². The van der Waals surface area contributed by atoms with Gasteiger partial charge in [0.1, 0.15) is 0 Å². The fraction of sp³-hybridized carbons (Fsp3) is 0.0899. The smallest absolute Gasteiger partial charge is 0.197 e. The van der Waals surface area contributed by atoms with Gasteiger partial charge >= 0.3 is 0 Å². The molecule has 2 aliphatic heterocycles. The topological polar surface area (TPSA) is 42.6 Å². The minimum atomic E-state index is 0.126. The van der Waals surface area contributed by atoms with Crippen molar-refractivity contribution in [3.63, 3.8) is 0 Å². The largest absolute Gasteiger partial charge is 0.453 e. The molecule has 0 unspecified atom stereocenters. The number of benzene rings is 12. The highest BCUT2D eigenvalue weighted by Crippen LogP contribution is 2.48. The summed E-state index contributed by atoms with van der Waals surface area (Å²) in [5.74, 6) is 1.87. The number of rotatable bonds is 8. The highest BCUT2D eigenvalue weighted by Gasteiger charge is 2.23. The summed E-state index contributed by atoms with van der Waals surface area (Å²) in [6.07, 6.45) is 7.33. The Balaban J connectivity index is 0.000000131. The Morgan fingerprint density at radius 3 is 0.844 bits per heavy atom. The van der Waals surface area contributed by atoms with Crippen molar-refractivity contribution in [2.75, 3.05) is 22.9 Å². The number of nitrogens with zero attached hydrogens (tertiary/aromatic N) is 4. The molecule has 16 rings (SSSR count). The quantitative estimate of drug-likeness (QED) is 0.142. The van der Waals surface area contributed by atoms with Crippen molar-refractivity contribution >= 4 is 102 Å². The van der Waals surface area contributed by atoms with Crippen molar-refractivity contribution in [2.24, 2.45) is 0 Å². The molecule has 0 radical (unpaired) electrons. The van der Waals surface area contributed by atoms with E-state index in [1.165, 1.54) is 65.2 Å². The van der Waals surface area contributed by atoms with Crippen LogP contribution >= 0.6 is 11.8 Å². The van der Waals surface area contributed by atoms with Crippen LogP contribution < -0.4 is 20.0 Å². The van der Waals surface area contributed by atoms with Crippen LogP contribution in [-0.4, -0.2) is 22.2 Å². The first-order valence-electron chi connectivity index (χ1n) is 32.7. The number of anilines is 4. The van der Waals surface area contributed by atoms with E-state index >= 15 is 0 Å². The van der Waals surface area contributed by atoms with Gasteiger partial charge in [-0.05, 0) is 135 Å². The Bertz CT molecular complexity index is 4350. The molecule has 0 saturated heterocycles. The molecular weight excluding hydrogens is 1190 g/mol. The van der Waals surface area contributed by atoms with E-state index in [1.54, 1.807) is 0 Å². The van der Waals surface area contributed by atoms with Crippen LogP contribution in [0.3, 0.4) is 0 Å². The maximum atomic E-state index is 12.3. The first-order chi connectivity index (χ1) is 47.3. The third kappa shape index (κ3) is 17.6. The van der Waals surface area contributed by atoms with Gasteiger partial charge in [0.05, 0.1) is 33.8 Å². The molecule has 6 nitrogen and oxygen atoms in total. The second kappa shape index (κ2) is 36.2. The van der Waals surface area contributed by atoms with Crippen molar-refractivity contribution in [1.29, 1.82) is 0 Å². The van der Waals surface area contributed by atoms with Gasteiger partial charge in [-0.2, -0.15) is 0 Å². The van der Waals surface area contributed by atoms with Gasteiger partial charge in [-0.25, -0.2) is 0 Å². The average Bonchev–Trinajstić information content (AvgIpc) is 1.35. The number of pyridine rings is 1. The maximum Gasteiger partial charge on any atom is 0.197 e. The van der Waals surface area contributed by atoms with E-state index in [1.807, 2.05) is 242 Å². The standard InChI is InChI=1S/C15H13NO.C14H13NO.C14H13NS.C14H13N.4C8H8/c1-2-16-13-9-5-3-7-11(13)15(17)12-8-4-6-10-14(12)16;2*1-2-15-11-7-3-5-9-13(11)16-14-10-6-4-8-12(14)15;1-2-15-13-9-5-3-7-11(13)12-8-4-6-10-14(12)15;4*1-2-8-6-4-3-5-7-8/h3-10H,2H2,1H3;2*3-10H,2H2,1H3;3-10H,2H2,1H3;4*2-7H,1H2. The third-order valence-electron chi connectivity index (χ3n) is 16.0. The summed E-state index contributed by atoms with van der Waals surface area (Å²) in [5, 5.41) is 4.31. The minimum Gasteiger partial charge on any atom is -0.453 e. The Morgan fingerprint density at radius 2 is 0.542 bits per heavy atom. The predicted octanol–water partition coefficient (Wildman–Crippen LogP) is 24.6. The molecular formula is C89H84N4O2S. The van der Waals surface area contributed by atoms with Crippen LogP contribution in [0.1, 0.15) is 49.9 Å². The molecule has 12 aromatic carbocycles. The van der Waals surface area contributed by atoms with Crippen LogP contribution in [0.2, 0.25) is 0 Å². The second-order valence-electron chi connectivity index (χ2n) is 21.9. The lowest BCUT2D eigenvalue weighted by molar-refractivity contribution is 0.474. The van der Waals surface area contributed by atoms with Crippen LogP contribution in [0.5, 0.6) is 11.5 Å². The zero-order chi connectivity index (χ0) is 67.3. The van der Waals surface area contributed by atoms with Gasteiger partial charge in [0, 0.05) is 68.5 Å². The van der Waals surface area contributed by atoms with Crippen molar-refractivity contribution in [1.82, 2.24) is 9.13 Å². The summed E-state index contributed by atoms with van der Waals surface area (Å²) >= 11 is 1.86. The second-order valence-corrected chi connectivity index (χ2v) is 23.0. The van der Waals surface area contributed by atoms with E-state index in [4.69, 9.17) is 4.74 Å². The van der Waals surface area contributed by atoms with E-state index in [0.29, 0.717) is 0 Å². The summed E-state index contributed by atoms with van der Waals surface area (Å²) in [6, 6.07) is 106. The lowest BCUT2D eigenvalue weighted by Crippen LogP contribution is -2.20. The number of para-hydroxylation sites is 10. The van der Waals surface area contributed by atoms with Crippen molar-refractivity contribution in [3.05, 3.63) is 374 Å². The van der Waals surface area contributed by atoms with Crippen LogP contribution in [0, 0.1) is 0 Å². The molecule has 0 spiro atoms. The first-order valence-corrected chi connectivity index (χ1v) is 33.5. The van der Waals surface area contributed by atoms with Gasteiger partial charge in [-0.15, -0.1) is 0 Å². The molecule has 2 aliphatic rings. The fourth-order valence-electron chi connectivity index (χ4n) is 11.4. The van der Waals surface area contributed by atoms with Crippen molar-refractivity contribution in [2.45, 2.75) is 50.6 Å². The summed E-state index contributed by atoms with van der Waals surface area (Å²) < 4.78 is 10.4. The lowest BCUT2D eigenvalue weighted by Gasteiger charge is -2.31. The molecule has 0 fully saturated rings. The maximum absolute atomic E-state index is 12.3. The van der Waals surface area contributed by atoms with Gasteiger partial charge in [-0.1, -0.05) is 293 Å². The molecule has 2 aromatic heterocycles. The average molecular weight is 1270 g/mol. The monoisotopic (exact) mass is 1270 g/mol. The molecule has 14 aromatic rings. The molecule has 0 amide bonds. The highest BCUT2D eigenvalue weighted by molar-refractivity contribution is 7.99. The molecule has 0 aliphatic carbocycles. The molecule has 0 bridgehead atoms. The molecule has 7 heteroatoms. The van der Waals surface area contributed by atoms with Crippen LogP contribution in [0.25, 0.3) is 67.9 Å². The first kappa shape index (κ1) is 69.0. The van der Waals surface area contributed by atoms with Gasteiger partial charge in [0.15, 0.2) is 16.9 Å². The molecule has 478 valence electrons. The zero-order valence-corrected chi connectivity index (χ0v) is 56.3. The van der Waals surface area contributed by atoms with Crippen molar-refractivity contribution in [3.8, 4) is 11.5 Å². The normalized spacial score (nSPS) is 10.9. The van der Waals surface area contributed by atoms with Gasteiger partial charge in [0.25, 0.3) is 0 Å². The van der Waals surface area contributed by atoms with Crippen LogP contribution in [-0.2, 0) is 13.1 Å². The van der Waals surface area contributed by atoms with Crippen LogP contribution in [0.15, 0.2) is 356 Å². The molecule has 0 N–H and O–H groups in total. The molecule has 96 heavy (non-hydrogen) atoms. The van der Waals surface area contributed by atoms with Crippen LogP contribution in [0.4, 0.5) is 22.7 Å². The van der Waals surface area contributed by atoms with E-state index < -0.39 is 0 Å². The number of hydrogen-bond donors (Lipinski definition) is 0. The van der Waals surface area contributed by atoms with Gasteiger partial charge in [0.2, 0.25) is 0 Å². The summed E-state index contributed by atoms with van der Waals surface area (Å²) in [7, 11) is 0. The Hall–Kier alpha value is -11.4. The van der Waals surface area contributed by atoms with E-state index in [0.717, 1.165) is 70.9 Å². The van der Waals surface area contributed by atoms with E-state index in [2.05, 4.69) is 182 Å². The number of aromatic nitrogens is 2. The minimum absolute atomic E-state index is 0.126. The number of aryl methyl sites for hydroxylation is 2. The summed E-state index contributed by atoms with van der Waals surface area (Å²) in [4.78, 5) is 19.7. The van der Waals surface area contributed by atoms with Crippen molar-refractivity contribution < 1.29 is 4.74 Å². The highest BCUT2D eigenvalue weighted by atomic mass is 32.2. The molecule has 0 saturated carbocycles. The molecule has 4 heterocycles.